The molecule has 0 fully saturated rings. The highest BCUT2D eigenvalue weighted by Crippen LogP contribution is 2.26. The number of aryl methyl sites for hydroxylation is 2. The predicted molar refractivity (Wildman–Crippen MR) is 96.4 cm³/mol. The van der Waals surface area contributed by atoms with Crippen molar-refractivity contribution >= 4 is 22.9 Å². The number of carbonyl (C=O) groups is 1. The number of rotatable bonds is 4. The molecule has 0 spiro atoms. The van der Waals surface area contributed by atoms with Crippen LogP contribution >= 0.6 is 11.3 Å². The molecule has 0 saturated heterocycles. The molecule has 0 bridgehead atoms. The lowest BCUT2D eigenvalue weighted by Crippen LogP contribution is -2.12. The first-order valence-corrected chi connectivity index (χ1v) is 8.66. The molecule has 0 saturated carbocycles. The number of amides is 1. The minimum atomic E-state index is -0.273. The van der Waals surface area contributed by atoms with Gasteiger partial charge in [-0.1, -0.05) is 0 Å². The Morgan fingerprint density at radius 3 is 2.81 bits per heavy atom. The number of anilines is 1. The highest BCUT2D eigenvalue weighted by atomic mass is 32.1. The van der Waals surface area contributed by atoms with Gasteiger partial charge in [-0.2, -0.15) is 0 Å². The minimum Gasteiger partial charge on any atom is -0.459 e. The third-order valence-corrected chi connectivity index (χ3v) is 4.60. The van der Waals surface area contributed by atoms with Crippen LogP contribution in [0.15, 0.2) is 46.5 Å². The maximum Gasteiger partial charge on any atom is 0.275 e. The third-order valence-electron chi connectivity index (χ3n) is 3.74. The van der Waals surface area contributed by atoms with Gasteiger partial charge in [0.05, 0.1) is 5.69 Å². The first-order valence-electron chi connectivity index (χ1n) is 7.78. The SMILES string of the molecule is Cc1ccc(-c2nc(C(=O)Nc3ccc(-n4cnnn4)c(C)c3)cs2)o1. The first-order chi connectivity index (χ1) is 12.6. The largest absolute Gasteiger partial charge is 0.459 e. The van der Waals surface area contributed by atoms with Crippen LogP contribution in [0.2, 0.25) is 0 Å². The van der Waals surface area contributed by atoms with Gasteiger partial charge in [0.2, 0.25) is 0 Å². The van der Waals surface area contributed by atoms with Crippen LogP contribution in [0.5, 0.6) is 0 Å². The third kappa shape index (κ3) is 3.11. The van der Waals surface area contributed by atoms with Crippen LogP contribution in [0, 0.1) is 13.8 Å². The van der Waals surface area contributed by atoms with Gasteiger partial charge in [0, 0.05) is 11.1 Å². The van der Waals surface area contributed by atoms with Gasteiger partial charge in [0.1, 0.15) is 17.8 Å². The quantitative estimate of drug-likeness (QED) is 0.595. The molecule has 130 valence electrons. The Labute approximate surface area is 152 Å². The zero-order valence-electron chi connectivity index (χ0n) is 14.0. The maximum atomic E-state index is 12.5. The van der Waals surface area contributed by atoms with Crippen molar-refractivity contribution in [1.82, 2.24) is 25.2 Å². The Morgan fingerprint density at radius 1 is 1.23 bits per heavy atom. The smallest absolute Gasteiger partial charge is 0.275 e. The second-order valence-corrected chi connectivity index (χ2v) is 6.52. The maximum absolute atomic E-state index is 12.5. The van der Waals surface area contributed by atoms with E-state index in [-0.39, 0.29) is 5.91 Å². The molecule has 3 aromatic heterocycles. The average Bonchev–Trinajstić information content (AvgIpc) is 3.36. The summed E-state index contributed by atoms with van der Waals surface area (Å²) >= 11 is 1.37. The molecule has 1 N–H and O–H groups in total. The molecular formula is C17H14N6O2S. The molecule has 8 nitrogen and oxygen atoms in total. The van der Waals surface area contributed by atoms with E-state index in [9.17, 15) is 4.79 Å². The molecule has 0 aliphatic heterocycles. The molecule has 0 unspecified atom stereocenters. The topological polar surface area (TPSA) is 98.7 Å². The number of hydrogen-bond acceptors (Lipinski definition) is 7. The number of tetrazole rings is 1. The summed E-state index contributed by atoms with van der Waals surface area (Å²) in [4.78, 5) is 16.8. The molecule has 0 radical (unpaired) electrons. The Hall–Kier alpha value is -3.33. The number of nitrogens with zero attached hydrogens (tertiary/aromatic N) is 5. The van der Waals surface area contributed by atoms with Gasteiger partial charge in [-0.25, -0.2) is 9.67 Å². The van der Waals surface area contributed by atoms with E-state index in [2.05, 4.69) is 25.8 Å². The number of carbonyl (C=O) groups excluding carboxylic acids is 1. The highest BCUT2D eigenvalue weighted by Gasteiger charge is 2.14. The van der Waals surface area contributed by atoms with Crippen LogP contribution in [0.4, 0.5) is 5.69 Å². The Bertz CT molecular complexity index is 1070. The van der Waals surface area contributed by atoms with E-state index in [1.165, 1.54) is 17.7 Å². The van der Waals surface area contributed by atoms with Crippen molar-refractivity contribution in [3.8, 4) is 16.5 Å². The minimum absolute atomic E-state index is 0.273. The second kappa shape index (κ2) is 6.52. The molecule has 1 aromatic carbocycles. The van der Waals surface area contributed by atoms with Crippen LogP contribution in [0.25, 0.3) is 16.5 Å². The van der Waals surface area contributed by atoms with Crippen molar-refractivity contribution in [3.05, 3.63) is 59.1 Å². The van der Waals surface area contributed by atoms with Crippen molar-refractivity contribution < 1.29 is 9.21 Å². The van der Waals surface area contributed by atoms with Crippen molar-refractivity contribution in [3.63, 3.8) is 0 Å². The fraction of sp³-hybridized carbons (Fsp3) is 0.118. The van der Waals surface area contributed by atoms with E-state index in [0.717, 1.165) is 17.0 Å². The molecule has 0 aliphatic rings. The standard InChI is InChI=1S/C17H14N6O2S/c1-10-7-12(4-5-14(10)23-9-18-21-22-23)19-16(24)13-8-26-17(20-13)15-6-3-11(2)25-15/h3-9H,1-2H3,(H,19,24). The average molecular weight is 366 g/mol. The fourth-order valence-corrected chi connectivity index (χ4v) is 3.26. The molecule has 26 heavy (non-hydrogen) atoms. The molecular weight excluding hydrogens is 352 g/mol. The number of nitrogens with one attached hydrogen (secondary N) is 1. The Balaban J connectivity index is 1.52. The Morgan fingerprint density at radius 2 is 2.12 bits per heavy atom. The van der Waals surface area contributed by atoms with E-state index in [4.69, 9.17) is 4.42 Å². The van der Waals surface area contributed by atoms with E-state index >= 15 is 0 Å². The van der Waals surface area contributed by atoms with Gasteiger partial charge < -0.3 is 9.73 Å². The molecule has 1 amide bonds. The lowest BCUT2D eigenvalue weighted by molar-refractivity contribution is 0.102. The molecule has 4 rings (SSSR count). The summed E-state index contributed by atoms with van der Waals surface area (Å²) < 4.78 is 7.11. The van der Waals surface area contributed by atoms with Crippen molar-refractivity contribution in [1.29, 1.82) is 0 Å². The molecule has 9 heteroatoms. The Kier molecular flexibility index (Phi) is 4.05. The van der Waals surface area contributed by atoms with E-state index < -0.39 is 0 Å². The molecule has 3 heterocycles. The first kappa shape index (κ1) is 16.2. The van der Waals surface area contributed by atoms with Crippen LogP contribution in [0.3, 0.4) is 0 Å². The summed E-state index contributed by atoms with van der Waals surface area (Å²) in [5.74, 6) is 1.19. The monoisotopic (exact) mass is 366 g/mol. The summed E-state index contributed by atoms with van der Waals surface area (Å²) in [6.45, 7) is 3.79. The van der Waals surface area contributed by atoms with Crippen LogP contribution in [0.1, 0.15) is 21.8 Å². The van der Waals surface area contributed by atoms with E-state index in [1.807, 2.05) is 38.1 Å². The van der Waals surface area contributed by atoms with Crippen molar-refractivity contribution in [2.45, 2.75) is 13.8 Å². The lowest BCUT2D eigenvalue weighted by atomic mass is 10.2. The van der Waals surface area contributed by atoms with Crippen LogP contribution < -0.4 is 5.32 Å². The normalized spacial score (nSPS) is 10.8. The highest BCUT2D eigenvalue weighted by molar-refractivity contribution is 7.13. The van der Waals surface area contributed by atoms with Crippen LogP contribution in [-0.4, -0.2) is 31.1 Å². The van der Waals surface area contributed by atoms with Gasteiger partial charge in [0.15, 0.2) is 10.8 Å². The van der Waals surface area contributed by atoms with Crippen molar-refractivity contribution in [2.75, 3.05) is 5.32 Å². The number of aromatic nitrogens is 5. The molecule has 0 atom stereocenters. The summed E-state index contributed by atoms with van der Waals surface area (Å²) in [6.07, 6.45) is 1.52. The summed E-state index contributed by atoms with van der Waals surface area (Å²) in [5, 5.41) is 16.4. The van der Waals surface area contributed by atoms with E-state index in [0.29, 0.717) is 22.1 Å². The van der Waals surface area contributed by atoms with Gasteiger partial charge in [0.25, 0.3) is 5.91 Å². The summed E-state index contributed by atoms with van der Waals surface area (Å²) in [6, 6.07) is 9.21. The van der Waals surface area contributed by atoms with Crippen LogP contribution in [-0.2, 0) is 0 Å². The zero-order valence-corrected chi connectivity index (χ0v) is 14.8. The second-order valence-electron chi connectivity index (χ2n) is 5.66. The molecule has 0 aliphatic carbocycles. The molecule has 4 aromatic rings. The number of furan rings is 1. The van der Waals surface area contributed by atoms with Gasteiger partial charge >= 0.3 is 0 Å². The lowest BCUT2D eigenvalue weighted by Gasteiger charge is -2.08. The predicted octanol–water partition coefficient (Wildman–Crippen LogP) is 3.25. The van der Waals surface area contributed by atoms with Gasteiger partial charge in [-0.3, -0.25) is 4.79 Å². The van der Waals surface area contributed by atoms with E-state index in [1.54, 1.807) is 16.1 Å². The number of thiazole rings is 1. The van der Waals surface area contributed by atoms with Gasteiger partial charge in [-0.15, -0.1) is 16.4 Å². The summed E-state index contributed by atoms with van der Waals surface area (Å²) in [5.41, 5.74) is 2.80. The fourth-order valence-electron chi connectivity index (χ4n) is 2.50. The zero-order chi connectivity index (χ0) is 18.1. The number of benzene rings is 1. The van der Waals surface area contributed by atoms with Crippen molar-refractivity contribution in [2.24, 2.45) is 0 Å². The van der Waals surface area contributed by atoms with Gasteiger partial charge in [-0.05, 0) is 60.2 Å². The number of hydrogen-bond donors (Lipinski definition) is 1. The summed E-state index contributed by atoms with van der Waals surface area (Å²) in [7, 11) is 0.